The zero-order chi connectivity index (χ0) is 9.94. The summed E-state index contributed by atoms with van der Waals surface area (Å²) in [5, 5.41) is 5.68. The van der Waals surface area contributed by atoms with Gasteiger partial charge in [0.25, 0.3) is 0 Å². The minimum Gasteiger partial charge on any atom is -0.450 e. The second-order valence-corrected chi connectivity index (χ2v) is 2.39. The van der Waals surface area contributed by atoms with Gasteiger partial charge >= 0.3 is 6.09 Å². The minimum absolute atomic E-state index is 0.365. The number of alkyl carbamates (subject to hydrolysis) is 1. The standard InChI is InChI=1S/C8H18N2O3/c1-3-13-8(11)10-5-4-9-6-7-12-2/h9H,3-7H2,1-2H3,(H,10,11). The van der Waals surface area contributed by atoms with Crippen LogP contribution in [0.1, 0.15) is 6.92 Å². The molecule has 78 valence electrons. The first-order chi connectivity index (χ1) is 6.31. The van der Waals surface area contributed by atoms with Crippen molar-refractivity contribution < 1.29 is 14.3 Å². The van der Waals surface area contributed by atoms with Crippen molar-refractivity contribution >= 4 is 6.09 Å². The number of methoxy groups -OCH3 is 1. The molecule has 2 N–H and O–H groups in total. The Bertz CT molecular complexity index is 131. The smallest absolute Gasteiger partial charge is 0.407 e. The molecule has 1 amide bonds. The number of amides is 1. The summed E-state index contributed by atoms with van der Waals surface area (Å²) >= 11 is 0. The molecule has 0 aliphatic heterocycles. The van der Waals surface area contributed by atoms with Crippen LogP contribution in [-0.4, -0.2) is 46.1 Å². The van der Waals surface area contributed by atoms with Crippen LogP contribution in [0.15, 0.2) is 0 Å². The van der Waals surface area contributed by atoms with Crippen LogP contribution in [0.5, 0.6) is 0 Å². The number of hydrogen-bond donors (Lipinski definition) is 2. The fourth-order valence-corrected chi connectivity index (χ4v) is 0.734. The van der Waals surface area contributed by atoms with Crippen LogP contribution in [-0.2, 0) is 9.47 Å². The van der Waals surface area contributed by atoms with E-state index >= 15 is 0 Å². The Kier molecular flexibility index (Phi) is 8.70. The molecule has 0 bridgehead atoms. The average Bonchev–Trinajstić information content (AvgIpc) is 2.11. The summed E-state index contributed by atoms with van der Waals surface area (Å²) in [6, 6.07) is 0. The van der Waals surface area contributed by atoms with Crippen LogP contribution in [0.3, 0.4) is 0 Å². The van der Waals surface area contributed by atoms with Gasteiger partial charge < -0.3 is 20.1 Å². The van der Waals surface area contributed by atoms with Crippen molar-refractivity contribution in [3.05, 3.63) is 0 Å². The van der Waals surface area contributed by atoms with E-state index in [0.717, 1.165) is 13.1 Å². The van der Waals surface area contributed by atoms with Gasteiger partial charge in [0, 0.05) is 26.7 Å². The van der Waals surface area contributed by atoms with Gasteiger partial charge in [-0.15, -0.1) is 0 Å². The Morgan fingerprint density at radius 2 is 2.08 bits per heavy atom. The van der Waals surface area contributed by atoms with Gasteiger partial charge in [-0.25, -0.2) is 4.79 Å². The highest BCUT2D eigenvalue weighted by atomic mass is 16.5. The molecule has 0 radical (unpaired) electrons. The summed E-state index contributed by atoms with van der Waals surface area (Å²) in [4.78, 5) is 10.7. The molecular weight excluding hydrogens is 172 g/mol. The van der Waals surface area contributed by atoms with Gasteiger partial charge in [-0.2, -0.15) is 0 Å². The molecule has 5 heteroatoms. The Morgan fingerprint density at radius 3 is 2.69 bits per heavy atom. The second-order valence-electron chi connectivity index (χ2n) is 2.39. The molecule has 0 unspecified atom stereocenters. The van der Waals surface area contributed by atoms with Crippen molar-refractivity contribution in [2.45, 2.75) is 6.92 Å². The summed E-state index contributed by atoms with van der Waals surface area (Å²) in [5.41, 5.74) is 0. The number of hydrogen-bond acceptors (Lipinski definition) is 4. The van der Waals surface area contributed by atoms with Crippen LogP contribution < -0.4 is 10.6 Å². The van der Waals surface area contributed by atoms with Gasteiger partial charge in [0.1, 0.15) is 0 Å². The van der Waals surface area contributed by atoms with Crippen LogP contribution >= 0.6 is 0 Å². The van der Waals surface area contributed by atoms with Crippen LogP contribution in [0.2, 0.25) is 0 Å². The van der Waals surface area contributed by atoms with E-state index in [1.54, 1.807) is 14.0 Å². The maximum absolute atomic E-state index is 10.7. The molecule has 0 aromatic rings. The molecular formula is C8H18N2O3. The lowest BCUT2D eigenvalue weighted by Gasteiger charge is -2.05. The van der Waals surface area contributed by atoms with Crippen molar-refractivity contribution in [1.82, 2.24) is 10.6 Å². The van der Waals surface area contributed by atoms with E-state index < -0.39 is 0 Å². The Labute approximate surface area is 78.8 Å². The van der Waals surface area contributed by atoms with Gasteiger partial charge in [-0.3, -0.25) is 0 Å². The number of ether oxygens (including phenoxy) is 2. The summed E-state index contributed by atoms with van der Waals surface area (Å²) in [7, 11) is 1.65. The molecule has 0 rings (SSSR count). The van der Waals surface area contributed by atoms with Crippen LogP contribution in [0, 0.1) is 0 Å². The SMILES string of the molecule is CCOC(=O)NCCNCCOC. The molecule has 0 saturated carbocycles. The van der Waals surface area contributed by atoms with Gasteiger partial charge in [0.15, 0.2) is 0 Å². The highest BCUT2D eigenvalue weighted by molar-refractivity contribution is 5.66. The largest absolute Gasteiger partial charge is 0.450 e. The lowest BCUT2D eigenvalue weighted by atomic mass is 10.6. The fourth-order valence-electron chi connectivity index (χ4n) is 0.734. The lowest BCUT2D eigenvalue weighted by Crippen LogP contribution is -2.33. The Hall–Kier alpha value is -0.810. The zero-order valence-electron chi connectivity index (χ0n) is 8.26. The molecule has 0 heterocycles. The third-order valence-electron chi connectivity index (χ3n) is 1.33. The molecule has 0 aliphatic rings. The number of carbonyl (C=O) groups excluding carboxylic acids is 1. The lowest BCUT2D eigenvalue weighted by molar-refractivity contribution is 0.152. The molecule has 5 nitrogen and oxygen atoms in total. The predicted molar refractivity (Wildman–Crippen MR) is 49.8 cm³/mol. The highest BCUT2D eigenvalue weighted by Gasteiger charge is 1.96. The molecule has 13 heavy (non-hydrogen) atoms. The first-order valence-corrected chi connectivity index (χ1v) is 4.41. The molecule has 0 saturated heterocycles. The first-order valence-electron chi connectivity index (χ1n) is 4.41. The fraction of sp³-hybridized carbons (Fsp3) is 0.875. The van der Waals surface area contributed by atoms with E-state index in [-0.39, 0.29) is 6.09 Å². The molecule has 0 aromatic carbocycles. The van der Waals surface area contributed by atoms with E-state index in [4.69, 9.17) is 4.74 Å². The maximum atomic E-state index is 10.7. The van der Waals surface area contributed by atoms with E-state index in [1.165, 1.54) is 0 Å². The zero-order valence-corrected chi connectivity index (χ0v) is 8.26. The Balaban J connectivity index is 3.02. The Morgan fingerprint density at radius 1 is 1.31 bits per heavy atom. The van der Waals surface area contributed by atoms with E-state index in [1.807, 2.05) is 0 Å². The average molecular weight is 190 g/mol. The van der Waals surface area contributed by atoms with E-state index in [0.29, 0.717) is 19.8 Å². The topological polar surface area (TPSA) is 59.6 Å². The summed E-state index contributed by atoms with van der Waals surface area (Å²) in [6.07, 6.45) is -0.365. The molecule has 0 atom stereocenters. The highest BCUT2D eigenvalue weighted by Crippen LogP contribution is 1.74. The summed E-state index contributed by atoms with van der Waals surface area (Å²) in [6.45, 7) is 4.95. The molecule has 0 aromatic heterocycles. The summed E-state index contributed by atoms with van der Waals surface area (Å²) < 4.78 is 9.50. The van der Waals surface area contributed by atoms with Crippen molar-refractivity contribution in [1.29, 1.82) is 0 Å². The van der Waals surface area contributed by atoms with Gasteiger partial charge in [0.2, 0.25) is 0 Å². The molecule has 0 fully saturated rings. The summed E-state index contributed by atoms with van der Waals surface area (Å²) in [5.74, 6) is 0. The van der Waals surface area contributed by atoms with E-state index in [2.05, 4.69) is 15.4 Å². The van der Waals surface area contributed by atoms with Gasteiger partial charge in [0.05, 0.1) is 13.2 Å². The second kappa shape index (κ2) is 9.28. The third kappa shape index (κ3) is 9.10. The van der Waals surface area contributed by atoms with Crippen LogP contribution in [0.25, 0.3) is 0 Å². The van der Waals surface area contributed by atoms with Gasteiger partial charge in [-0.1, -0.05) is 0 Å². The maximum Gasteiger partial charge on any atom is 0.407 e. The first kappa shape index (κ1) is 12.2. The number of carbonyl (C=O) groups is 1. The number of rotatable bonds is 7. The van der Waals surface area contributed by atoms with Crippen molar-refractivity contribution in [3.8, 4) is 0 Å². The molecule has 0 aliphatic carbocycles. The quantitative estimate of drug-likeness (QED) is 0.553. The van der Waals surface area contributed by atoms with Crippen LogP contribution in [0.4, 0.5) is 4.79 Å². The van der Waals surface area contributed by atoms with E-state index in [9.17, 15) is 4.79 Å². The number of nitrogens with one attached hydrogen (secondary N) is 2. The van der Waals surface area contributed by atoms with Crippen molar-refractivity contribution in [2.24, 2.45) is 0 Å². The molecule has 0 spiro atoms. The monoisotopic (exact) mass is 190 g/mol. The van der Waals surface area contributed by atoms with Gasteiger partial charge in [-0.05, 0) is 6.92 Å². The predicted octanol–water partition coefficient (Wildman–Crippen LogP) is -0.0315. The third-order valence-corrected chi connectivity index (χ3v) is 1.33. The minimum atomic E-state index is -0.365. The normalized spacial score (nSPS) is 9.69. The van der Waals surface area contributed by atoms with Crippen molar-refractivity contribution in [3.63, 3.8) is 0 Å². The van der Waals surface area contributed by atoms with Crippen molar-refractivity contribution in [2.75, 3.05) is 40.0 Å².